The summed E-state index contributed by atoms with van der Waals surface area (Å²) in [5, 5.41) is 1.99. The van der Waals surface area contributed by atoms with E-state index in [0.29, 0.717) is 18.8 Å². The second-order valence-electron chi connectivity index (χ2n) is 4.32. The van der Waals surface area contributed by atoms with Gasteiger partial charge >= 0.3 is 6.09 Å². The van der Waals surface area contributed by atoms with Crippen LogP contribution >= 0.6 is 35.2 Å². The number of nitrogens with one attached hydrogen (secondary N) is 1. The van der Waals surface area contributed by atoms with E-state index in [0.717, 1.165) is 15.2 Å². The van der Waals surface area contributed by atoms with Crippen molar-refractivity contribution < 1.29 is 9.53 Å². The fourth-order valence-electron chi connectivity index (χ4n) is 2.04. The van der Waals surface area contributed by atoms with Gasteiger partial charge in [-0.1, -0.05) is 18.7 Å². The lowest BCUT2D eigenvalue weighted by molar-refractivity contribution is 0.103. The molecule has 2 heterocycles. The molecule has 1 atom stereocenters. The number of H-pyrrole nitrogens is 1. The fraction of sp³-hybridized carbons (Fsp3) is 0.385. The molecule has 1 N–H and O–H groups in total. The van der Waals surface area contributed by atoms with Crippen LogP contribution in [0.25, 0.3) is 5.57 Å². The maximum absolute atomic E-state index is 11.9. The smallest absolute Gasteiger partial charge is 0.410 e. The first-order valence-electron chi connectivity index (χ1n) is 6.13. The molecule has 0 saturated carbocycles. The van der Waals surface area contributed by atoms with Gasteiger partial charge in [0.05, 0.1) is 11.7 Å². The molecule has 0 bridgehead atoms. The highest BCUT2D eigenvalue weighted by Crippen LogP contribution is 2.27. The third kappa shape index (κ3) is 3.50. The van der Waals surface area contributed by atoms with Crippen molar-refractivity contribution in [1.82, 2.24) is 9.88 Å². The summed E-state index contributed by atoms with van der Waals surface area (Å²) in [6.07, 6.45) is 3.88. The number of amides is 1. The Hall–Kier alpha value is -1.11. The van der Waals surface area contributed by atoms with Crippen molar-refractivity contribution >= 4 is 46.8 Å². The molecule has 0 aromatic carbocycles. The lowest BCUT2D eigenvalue weighted by Gasteiger charge is -2.33. The average Bonchev–Trinajstić information content (AvgIpc) is 2.90. The molecule has 108 valence electrons. The number of carbonyl (C=O) groups is 1. The molecule has 1 amide bonds. The Balaban J connectivity index is 2.12. The van der Waals surface area contributed by atoms with Crippen molar-refractivity contribution in [1.29, 1.82) is 0 Å². The van der Waals surface area contributed by atoms with Gasteiger partial charge in [-0.15, -0.1) is 22.9 Å². The lowest BCUT2D eigenvalue weighted by atomic mass is 9.99. The molecular formula is C13H15ClN2O2S2. The van der Waals surface area contributed by atoms with Crippen molar-refractivity contribution in [2.45, 2.75) is 12.5 Å². The Kier molecular flexibility index (Phi) is 5.39. The van der Waals surface area contributed by atoms with Crippen LogP contribution in [-0.2, 0) is 4.74 Å². The molecule has 0 aliphatic carbocycles. The second-order valence-corrected chi connectivity index (χ2v) is 6.18. The molecule has 1 aromatic heterocycles. The van der Waals surface area contributed by atoms with Gasteiger partial charge in [-0.2, -0.15) is 0 Å². The zero-order chi connectivity index (χ0) is 14.5. The number of hydrogen-bond acceptors (Lipinski definition) is 4. The zero-order valence-corrected chi connectivity index (χ0v) is 13.2. The Labute approximate surface area is 131 Å². The van der Waals surface area contributed by atoms with E-state index < -0.39 is 0 Å². The second kappa shape index (κ2) is 7.06. The third-order valence-corrected chi connectivity index (χ3v) is 4.45. The summed E-state index contributed by atoms with van der Waals surface area (Å²) in [5.41, 5.74) is 2.14. The quantitative estimate of drug-likeness (QED) is 0.518. The lowest BCUT2D eigenvalue weighted by Crippen LogP contribution is -2.44. The van der Waals surface area contributed by atoms with Crippen molar-refractivity contribution in [2.24, 2.45) is 0 Å². The molecule has 4 nitrogen and oxygen atoms in total. The Morgan fingerprint density at radius 2 is 2.55 bits per heavy atom. The van der Waals surface area contributed by atoms with Gasteiger partial charge in [0, 0.05) is 17.8 Å². The minimum Gasteiger partial charge on any atom is -0.445 e. The van der Waals surface area contributed by atoms with E-state index in [4.69, 9.17) is 28.6 Å². The van der Waals surface area contributed by atoms with Crippen LogP contribution in [-0.4, -0.2) is 41.1 Å². The SMILES string of the molecule is C=CCOC(=O)N1CC=C(c2csc(=S)[nH]2)C[C@@H]1CCl. The summed E-state index contributed by atoms with van der Waals surface area (Å²) in [6.45, 7) is 4.22. The van der Waals surface area contributed by atoms with Crippen molar-refractivity contribution in [3.8, 4) is 0 Å². The highest BCUT2D eigenvalue weighted by molar-refractivity contribution is 7.73. The van der Waals surface area contributed by atoms with Crippen molar-refractivity contribution in [3.05, 3.63) is 33.8 Å². The molecule has 0 radical (unpaired) electrons. The predicted molar refractivity (Wildman–Crippen MR) is 84.9 cm³/mol. The van der Waals surface area contributed by atoms with Crippen LogP contribution in [0.3, 0.4) is 0 Å². The number of ether oxygens (including phenoxy) is 1. The van der Waals surface area contributed by atoms with Crippen LogP contribution in [0.4, 0.5) is 4.79 Å². The van der Waals surface area contributed by atoms with Gasteiger partial charge in [0.1, 0.15) is 6.61 Å². The molecule has 1 aliphatic rings. The van der Waals surface area contributed by atoms with Gasteiger partial charge in [0.25, 0.3) is 0 Å². The number of thiazole rings is 1. The normalized spacial score (nSPS) is 18.6. The van der Waals surface area contributed by atoms with E-state index >= 15 is 0 Å². The molecule has 7 heteroatoms. The standard InChI is InChI=1S/C13H15ClN2O2S2/c1-2-5-18-13(17)16-4-3-9(6-10(16)7-14)11-8-20-12(19)15-11/h2-3,8,10H,1,4-7H2,(H,15,19)/t10-/m1/s1. The first-order chi connectivity index (χ1) is 9.65. The third-order valence-electron chi connectivity index (χ3n) is 3.03. The Morgan fingerprint density at radius 3 is 3.15 bits per heavy atom. The summed E-state index contributed by atoms with van der Waals surface area (Å²) in [7, 11) is 0. The van der Waals surface area contributed by atoms with E-state index in [1.807, 2.05) is 11.5 Å². The van der Waals surface area contributed by atoms with E-state index in [2.05, 4.69) is 11.6 Å². The zero-order valence-electron chi connectivity index (χ0n) is 10.8. The van der Waals surface area contributed by atoms with Crippen molar-refractivity contribution in [2.75, 3.05) is 19.0 Å². The maximum atomic E-state index is 11.9. The number of nitrogens with zero attached hydrogens (tertiary/aromatic N) is 1. The minimum absolute atomic E-state index is 0.0733. The highest BCUT2D eigenvalue weighted by atomic mass is 35.5. The summed E-state index contributed by atoms with van der Waals surface area (Å²) >= 11 is 12.6. The number of hydrogen-bond donors (Lipinski definition) is 1. The molecule has 0 spiro atoms. The molecule has 2 rings (SSSR count). The van der Waals surface area contributed by atoms with Gasteiger partial charge in [0.2, 0.25) is 0 Å². The summed E-state index contributed by atoms with van der Waals surface area (Å²) in [4.78, 5) is 16.7. The highest BCUT2D eigenvalue weighted by Gasteiger charge is 2.28. The summed E-state index contributed by atoms with van der Waals surface area (Å²) in [6, 6.07) is -0.0733. The van der Waals surface area contributed by atoms with Crippen LogP contribution in [0.15, 0.2) is 24.1 Å². The molecule has 20 heavy (non-hydrogen) atoms. The summed E-state index contributed by atoms with van der Waals surface area (Å²) in [5.74, 6) is 0.366. The molecule has 0 unspecified atom stereocenters. The molecule has 0 saturated heterocycles. The number of alkyl halides is 1. The summed E-state index contributed by atoms with van der Waals surface area (Å²) < 4.78 is 5.81. The van der Waals surface area contributed by atoms with E-state index in [-0.39, 0.29) is 18.7 Å². The average molecular weight is 331 g/mol. The topological polar surface area (TPSA) is 45.3 Å². The number of carbonyl (C=O) groups excluding carboxylic acids is 1. The number of rotatable bonds is 4. The predicted octanol–water partition coefficient (Wildman–Crippen LogP) is 3.82. The number of halogens is 1. The largest absolute Gasteiger partial charge is 0.445 e. The van der Waals surface area contributed by atoms with E-state index in [1.165, 1.54) is 11.3 Å². The molecule has 1 aromatic rings. The molecule has 0 fully saturated rings. The van der Waals surface area contributed by atoms with Crippen LogP contribution in [0.1, 0.15) is 12.1 Å². The maximum Gasteiger partial charge on any atom is 0.410 e. The van der Waals surface area contributed by atoms with E-state index in [1.54, 1.807) is 11.0 Å². The van der Waals surface area contributed by atoms with Gasteiger partial charge in [0.15, 0.2) is 3.95 Å². The Morgan fingerprint density at radius 1 is 1.75 bits per heavy atom. The first-order valence-corrected chi connectivity index (χ1v) is 7.95. The van der Waals surface area contributed by atoms with Gasteiger partial charge < -0.3 is 9.72 Å². The number of aromatic nitrogens is 1. The Bertz CT molecular complexity index is 579. The van der Waals surface area contributed by atoms with Gasteiger partial charge in [-0.25, -0.2) is 4.79 Å². The van der Waals surface area contributed by atoms with Crippen LogP contribution in [0, 0.1) is 3.95 Å². The van der Waals surface area contributed by atoms with Crippen molar-refractivity contribution in [3.63, 3.8) is 0 Å². The van der Waals surface area contributed by atoms with Crippen LogP contribution < -0.4 is 0 Å². The van der Waals surface area contributed by atoms with E-state index in [9.17, 15) is 4.79 Å². The molecule has 1 aliphatic heterocycles. The van der Waals surface area contributed by atoms with Crippen LogP contribution in [0.5, 0.6) is 0 Å². The minimum atomic E-state index is -0.357. The molecular weight excluding hydrogens is 316 g/mol. The first kappa shape index (κ1) is 15.3. The van der Waals surface area contributed by atoms with Crippen LogP contribution in [0.2, 0.25) is 0 Å². The number of aromatic amines is 1. The van der Waals surface area contributed by atoms with Gasteiger partial charge in [-0.05, 0) is 24.2 Å². The van der Waals surface area contributed by atoms with Gasteiger partial charge in [-0.3, -0.25) is 4.90 Å². The fourth-order valence-corrected chi connectivity index (χ4v) is 3.17. The monoisotopic (exact) mass is 330 g/mol.